The number of pyridine rings is 2. The number of nitrogens with zero attached hydrogens (tertiary/aromatic N) is 6. The highest BCUT2D eigenvalue weighted by Gasteiger charge is 2.48. The first kappa shape index (κ1) is 30.9. The fourth-order valence-electron chi connectivity index (χ4n) is 4.62. The van der Waals surface area contributed by atoms with Gasteiger partial charge in [-0.25, -0.2) is 24.8 Å². The second-order valence-corrected chi connectivity index (χ2v) is 11.0. The van der Waals surface area contributed by atoms with Gasteiger partial charge in [-0.2, -0.15) is 0 Å². The maximum absolute atomic E-state index is 13.0. The SMILES string of the molecule is O=C(CCC(=O)O[N+]1(Cc2ccc(Br)nc2)CCNC1=C[N+](=O)O)O[N+]1(Cc2ccc(Br)nc2)CCNC1=C[N+](=O)[O-]. The van der Waals surface area contributed by atoms with E-state index in [9.17, 15) is 29.8 Å². The summed E-state index contributed by atoms with van der Waals surface area (Å²) in [5.74, 6) is -1.34. The van der Waals surface area contributed by atoms with E-state index < -0.39 is 31.1 Å². The van der Waals surface area contributed by atoms with Gasteiger partial charge in [-0.3, -0.25) is 19.8 Å². The number of quaternary nitrogens is 2. The molecule has 2 aliphatic rings. The lowest BCUT2D eigenvalue weighted by molar-refractivity contribution is -1.07. The van der Waals surface area contributed by atoms with Gasteiger partial charge < -0.3 is 10.6 Å². The van der Waals surface area contributed by atoms with Crippen molar-refractivity contribution in [1.29, 1.82) is 0 Å². The zero-order chi connectivity index (χ0) is 30.3. The van der Waals surface area contributed by atoms with E-state index in [1.165, 1.54) is 0 Å². The summed E-state index contributed by atoms with van der Waals surface area (Å²) in [7, 11) is 0. The van der Waals surface area contributed by atoms with Crippen molar-refractivity contribution in [2.24, 2.45) is 0 Å². The van der Waals surface area contributed by atoms with Gasteiger partial charge in [-0.15, -0.1) is 0 Å². The van der Waals surface area contributed by atoms with Crippen molar-refractivity contribution in [1.82, 2.24) is 20.6 Å². The van der Waals surface area contributed by atoms with Crippen molar-refractivity contribution in [2.75, 3.05) is 26.2 Å². The van der Waals surface area contributed by atoms with E-state index in [1.54, 1.807) is 36.7 Å². The van der Waals surface area contributed by atoms with E-state index >= 15 is 0 Å². The van der Waals surface area contributed by atoms with Gasteiger partial charge in [0.25, 0.3) is 4.92 Å². The minimum absolute atomic E-state index is 0.0665. The van der Waals surface area contributed by atoms with Crippen molar-refractivity contribution < 1.29 is 43.6 Å². The smallest absolute Gasteiger partial charge is 0.327 e. The molecule has 0 aliphatic carbocycles. The van der Waals surface area contributed by atoms with E-state index in [4.69, 9.17) is 9.68 Å². The summed E-state index contributed by atoms with van der Waals surface area (Å²) in [6, 6.07) is 6.92. The van der Waals surface area contributed by atoms with Gasteiger partial charge in [0.1, 0.15) is 22.3 Å². The van der Waals surface area contributed by atoms with Crippen molar-refractivity contribution in [3.63, 3.8) is 0 Å². The first-order chi connectivity index (χ1) is 20.0. The summed E-state index contributed by atoms with van der Waals surface area (Å²) < 4.78 is 0.207. The van der Waals surface area contributed by atoms with Crippen molar-refractivity contribution in [3.05, 3.63) is 96.1 Å². The van der Waals surface area contributed by atoms with E-state index in [1.807, 2.05) is 0 Å². The molecule has 0 bridgehead atoms. The standard InChI is InChI=1S/C24H27Br2N8O8/c25-19-3-1-17(11-29-19)15-33(9-7-27-21(33)13-31(37)38)41-23(35)5-6-24(36)42-34(10-8-28-22(34)14-32(39)40)16-18-2-4-20(26)30-12-18/h1-4,11-14,27-28H,5-10,15-16H2,(H,37,38)/q+3. The molecule has 222 valence electrons. The summed E-state index contributed by atoms with van der Waals surface area (Å²) in [5, 5.41) is 26.4. The van der Waals surface area contributed by atoms with Gasteiger partial charge >= 0.3 is 36.0 Å². The highest BCUT2D eigenvalue weighted by atomic mass is 79.9. The number of halogens is 2. The second kappa shape index (κ2) is 13.3. The molecule has 0 radical (unpaired) electrons. The number of hydrogen-bond acceptors (Lipinski definition) is 11. The third kappa shape index (κ3) is 7.84. The Kier molecular flexibility index (Phi) is 9.81. The van der Waals surface area contributed by atoms with Crippen molar-refractivity contribution >= 4 is 43.8 Å². The van der Waals surface area contributed by atoms with E-state index in [0.29, 0.717) is 33.4 Å². The lowest BCUT2D eigenvalue weighted by Gasteiger charge is -2.29. The zero-order valence-electron chi connectivity index (χ0n) is 22.0. The van der Waals surface area contributed by atoms with Crippen LogP contribution >= 0.6 is 31.9 Å². The molecular weight excluding hydrogens is 688 g/mol. The first-order valence-corrected chi connectivity index (χ1v) is 14.2. The van der Waals surface area contributed by atoms with Crippen LogP contribution in [0.1, 0.15) is 24.0 Å². The first-order valence-electron chi connectivity index (χ1n) is 12.6. The number of nitro groups is 1. The number of rotatable bonds is 11. The Hall–Kier alpha value is -4.00. The maximum Gasteiger partial charge on any atom is 0.367 e. The number of carbonyl (C=O) groups is 2. The predicted molar refractivity (Wildman–Crippen MR) is 148 cm³/mol. The zero-order valence-corrected chi connectivity index (χ0v) is 25.2. The Bertz CT molecular complexity index is 1320. The summed E-state index contributed by atoms with van der Waals surface area (Å²) in [4.78, 5) is 67.6. The van der Waals surface area contributed by atoms with Crippen LogP contribution in [-0.2, 0) is 32.4 Å². The molecule has 3 N–H and O–H groups in total. The Morgan fingerprint density at radius 3 is 1.71 bits per heavy atom. The molecule has 2 fully saturated rings. The van der Waals surface area contributed by atoms with Gasteiger partial charge in [0.2, 0.25) is 0 Å². The molecule has 2 aromatic rings. The number of hydrogen-bond donors (Lipinski definition) is 3. The Balaban J connectivity index is 1.48. The van der Waals surface area contributed by atoms with Crippen LogP contribution in [-0.4, -0.2) is 72.4 Å². The minimum atomic E-state index is -0.782. The third-order valence-electron chi connectivity index (χ3n) is 6.44. The third-order valence-corrected chi connectivity index (χ3v) is 7.37. The highest BCUT2D eigenvalue weighted by Crippen LogP contribution is 2.29. The van der Waals surface area contributed by atoms with E-state index in [0.717, 1.165) is 12.4 Å². The maximum atomic E-state index is 13.0. The molecule has 0 spiro atoms. The fourth-order valence-corrected chi connectivity index (χ4v) is 5.09. The van der Waals surface area contributed by atoms with Gasteiger partial charge in [-0.1, -0.05) is 9.29 Å². The molecule has 18 heteroatoms. The lowest BCUT2D eigenvalue weighted by atomic mass is 10.2. The molecular formula is C24H27Br2N8O8+3. The van der Waals surface area contributed by atoms with Crippen LogP contribution < -0.4 is 10.6 Å². The average Bonchev–Trinajstić information content (AvgIpc) is 3.48. The molecule has 16 nitrogen and oxygen atoms in total. The van der Waals surface area contributed by atoms with Crippen LogP contribution in [0.2, 0.25) is 0 Å². The summed E-state index contributed by atoms with van der Waals surface area (Å²) in [5.41, 5.74) is 1.34. The number of aromatic nitrogens is 2. The van der Waals surface area contributed by atoms with Gasteiger partial charge in [0.15, 0.2) is 13.1 Å². The Labute approximate surface area is 255 Å². The van der Waals surface area contributed by atoms with Crippen molar-refractivity contribution in [2.45, 2.75) is 25.9 Å². The average molecular weight is 715 g/mol. The molecule has 0 amide bonds. The normalized spacial score (nSPS) is 23.3. The minimum Gasteiger partial charge on any atom is -0.327 e. The van der Waals surface area contributed by atoms with Gasteiger partial charge in [0, 0.05) is 23.5 Å². The lowest BCUT2D eigenvalue weighted by Crippen LogP contribution is -2.47. The quantitative estimate of drug-likeness (QED) is 0.134. The van der Waals surface area contributed by atoms with E-state index in [-0.39, 0.29) is 50.7 Å². The summed E-state index contributed by atoms with van der Waals surface area (Å²) in [6.45, 7) is 1.24. The summed E-state index contributed by atoms with van der Waals surface area (Å²) >= 11 is 6.52. The monoisotopic (exact) mass is 713 g/mol. The van der Waals surface area contributed by atoms with E-state index in [2.05, 4.69) is 52.5 Å². The predicted octanol–water partition coefficient (Wildman–Crippen LogP) is 2.28. The molecule has 2 saturated heterocycles. The molecule has 4 rings (SSSR count). The van der Waals surface area contributed by atoms with Crippen molar-refractivity contribution in [3.8, 4) is 0 Å². The fraction of sp³-hybridized carbons (Fsp3) is 0.333. The number of carbonyl (C=O) groups excluding carboxylic acids is 2. The highest BCUT2D eigenvalue weighted by molar-refractivity contribution is 9.10. The number of hydroxylamine groups is 6. The van der Waals surface area contributed by atoms with Crippen LogP contribution in [0.15, 0.2) is 69.9 Å². The molecule has 42 heavy (non-hydrogen) atoms. The summed E-state index contributed by atoms with van der Waals surface area (Å²) in [6.07, 6.45) is 3.97. The molecule has 4 heterocycles. The second-order valence-electron chi connectivity index (χ2n) is 9.42. The van der Waals surface area contributed by atoms with Crippen LogP contribution in [0.3, 0.4) is 0 Å². The molecule has 2 aliphatic heterocycles. The number of nitrogens with one attached hydrogen (secondary N) is 2. The van der Waals surface area contributed by atoms with Crippen LogP contribution in [0.4, 0.5) is 0 Å². The van der Waals surface area contributed by atoms with Crippen LogP contribution in [0.5, 0.6) is 0 Å². The van der Waals surface area contributed by atoms with Crippen LogP contribution in [0.25, 0.3) is 0 Å². The molecule has 2 atom stereocenters. The van der Waals surface area contributed by atoms with Crippen LogP contribution in [0, 0.1) is 15.0 Å². The molecule has 2 unspecified atom stereocenters. The Morgan fingerprint density at radius 1 is 0.881 bits per heavy atom. The van der Waals surface area contributed by atoms with Gasteiger partial charge in [-0.05, 0) is 56.1 Å². The van der Waals surface area contributed by atoms with Gasteiger partial charge in [0.05, 0.1) is 35.8 Å². The molecule has 2 aromatic heterocycles. The molecule has 0 aromatic carbocycles. The topological polar surface area (TPSA) is 186 Å². The Morgan fingerprint density at radius 2 is 1.33 bits per heavy atom. The molecule has 0 saturated carbocycles. The largest absolute Gasteiger partial charge is 0.367 e.